The Morgan fingerprint density at radius 2 is 1.66 bits per heavy atom. The summed E-state index contributed by atoms with van der Waals surface area (Å²) in [4.78, 5) is 13.1. The fourth-order valence-corrected chi connectivity index (χ4v) is 3.15. The predicted octanol–water partition coefficient (Wildman–Crippen LogP) is 3.48. The average Bonchev–Trinajstić information content (AvgIpc) is 2.84. The molecule has 3 aromatic carbocycles. The predicted molar refractivity (Wildman–Crippen MR) is 124 cm³/mol. The monoisotopic (exact) mass is 428 g/mol. The SMILES string of the molecule is C#CCOc1ccc(C=NNC(=O)C(O)(c2ccccc2)c2ccccc2)cc1OCC. The second-order valence-electron chi connectivity index (χ2n) is 6.77. The number of aliphatic hydroxyl groups is 1. The fraction of sp³-hybridized carbons (Fsp3) is 0.154. The number of hydrogen-bond donors (Lipinski definition) is 2. The summed E-state index contributed by atoms with van der Waals surface area (Å²) in [6.07, 6.45) is 6.71. The number of terminal acetylenes is 1. The van der Waals surface area contributed by atoms with E-state index in [0.717, 1.165) is 0 Å². The number of nitrogens with zero attached hydrogens (tertiary/aromatic N) is 1. The van der Waals surface area contributed by atoms with Crippen molar-refractivity contribution >= 4 is 12.1 Å². The Morgan fingerprint density at radius 3 is 2.22 bits per heavy atom. The van der Waals surface area contributed by atoms with E-state index in [4.69, 9.17) is 15.9 Å². The van der Waals surface area contributed by atoms with Crippen molar-refractivity contribution in [2.24, 2.45) is 5.10 Å². The normalized spacial score (nSPS) is 11.0. The van der Waals surface area contributed by atoms with Gasteiger partial charge in [0.1, 0.15) is 6.61 Å². The fourth-order valence-electron chi connectivity index (χ4n) is 3.15. The minimum absolute atomic E-state index is 0.126. The Hall–Kier alpha value is -4.08. The second kappa shape index (κ2) is 10.8. The number of carbonyl (C=O) groups is 1. The van der Waals surface area contributed by atoms with Gasteiger partial charge in [-0.05, 0) is 41.8 Å². The Balaban J connectivity index is 1.82. The maximum atomic E-state index is 13.1. The molecular weight excluding hydrogens is 404 g/mol. The maximum absolute atomic E-state index is 13.1. The van der Waals surface area contributed by atoms with Gasteiger partial charge in [-0.15, -0.1) is 6.42 Å². The molecule has 0 atom stereocenters. The Morgan fingerprint density at radius 1 is 1.03 bits per heavy atom. The van der Waals surface area contributed by atoms with Crippen molar-refractivity contribution in [1.82, 2.24) is 5.43 Å². The molecule has 0 spiro atoms. The molecular formula is C26H24N2O4. The van der Waals surface area contributed by atoms with Crippen molar-refractivity contribution in [3.8, 4) is 23.8 Å². The highest BCUT2D eigenvalue weighted by Gasteiger charge is 2.39. The van der Waals surface area contributed by atoms with Crippen molar-refractivity contribution in [2.45, 2.75) is 12.5 Å². The molecule has 0 aromatic heterocycles. The molecule has 2 N–H and O–H groups in total. The molecule has 0 aliphatic rings. The number of hydrogen-bond acceptors (Lipinski definition) is 5. The summed E-state index contributed by atoms with van der Waals surface area (Å²) in [6.45, 7) is 2.44. The highest BCUT2D eigenvalue weighted by Crippen LogP contribution is 2.30. The lowest BCUT2D eigenvalue weighted by Gasteiger charge is -2.27. The number of carbonyl (C=O) groups excluding carboxylic acids is 1. The highest BCUT2D eigenvalue weighted by molar-refractivity contribution is 5.91. The summed E-state index contributed by atoms with van der Waals surface area (Å²) in [7, 11) is 0. The second-order valence-corrected chi connectivity index (χ2v) is 6.77. The van der Waals surface area contributed by atoms with E-state index < -0.39 is 11.5 Å². The van der Waals surface area contributed by atoms with E-state index in [1.807, 2.05) is 19.1 Å². The molecule has 0 unspecified atom stereocenters. The molecule has 0 fully saturated rings. The van der Waals surface area contributed by atoms with Crippen LogP contribution in [0.5, 0.6) is 11.5 Å². The maximum Gasteiger partial charge on any atom is 0.281 e. The van der Waals surface area contributed by atoms with E-state index >= 15 is 0 Å². The number of nitrogens with one attached hydrogen (secondary N) is 1. The van der Waals surface area contributed by atoms with Crippen LogP contribution in [-0.4, -0.2) is 30.4 Å². The third-order valence-electron chi connectivity index (χ3n) is 4.67. The molecule has 0 saturated carbocycles. The van der Waals surface area contributed by atoms with Crippen molar-refractivity contribution in [3.63, 3.8) is 0 Å². The van der Waals surface area contributed by atoms with Crippen molar-refractivity contribution < 1.29 is 19.4 Å². The third kappa shape index (κ3) is 5.15. The largest absolute Gasteiger partial charge is 0.490 e. The summed E-state index contributed by atoms with van der Waals surface area (Å²) in [5, 5.41) is 15.5. The molecule has 0 aliphatic carbocycles. The van der Waals surface area contributed by atoms with Crippen LogP contribution in [0, 0.1) is 12.3 Å². The van der Waals surface area contributed by atoms with Gasteiger partial charge in [-0.1, -0.05) is 66.6 Å². The van der Waals surface area contributed by atoms with E-state index in [9.17, 15) is 9.90 Å². The molecule has 3 aromatic rings. The quantitative estimate of drug-likeness (QED) is 0.311. The van der Waals surface area contributed by atoms with Crippen molar-refractivity contribution in [3.05, 3.63) is 95.6 Å². The van der Waals surface area contributed by atoms with Gasteiger partial charge in [-0.3, -0.25) is 4.79 Å². The highest BCUT2D eigenvalue weighted by atomic mass is 16.5. The molecule has 0 saturated heterocycles. The molecule has 1 amide bonds. The summed E-state index contributed by atoms with van der Waals surface area (Å²) in [5.41, 5.74) is 2.10. The first-order chi connectivity index (χ1) is 15.6. The van der Waals surface area contributed by atoms with Crippen molar-refractivity contribution in [2.75, 3.05) is 13.2 Å². The standard InChI is InChI=1S/C26H24N2O4/c1-3-17-32-23-16-15-20(18-24(23)31-4-2)19-27-28-25(29)26(30,21-11-7-5-8-12-21)22-13-9-6-10-14-22/h1,5-16,18-19,30H,4,17H2,2H3,(H,28,29). The van der Waals surface area contributed by atoms with Crippen LogP contribution in [0.2, 0.25) is 0 Å². The van der Waals surface area contributed by atoms with Crippen molar-refractivity contribution in [1.29, 1.82) is 0 Å². The summed E-state index contributed by atoms with van der Waals surface area (Å²) in [5.74, 6) is 2.78. The zero-order valence-electron chi connectivity index (χ0n) is 17.7. The van der Waals surface area contributed by atoms with E-state index in [1.165, 1.54) is 6.21 Å². The van der Waals surface area contributed by atoms with Gasteiger partial charge in [0, 0.05) is 0 Å². The minimum atomic E-state index is -1.90. The molecule has 6 heteroatoms. The van der Waals surface area contributed by atoms with Gasteiger partial charge in [0.15, 0.2) is 17.1 Å². The third-order valence-corrected chi connectivity index (χ3v) is 4.67. The minimum Gasteiger partial charge on any atom is -0.490 e. The van der Waals surface area contributed by atoms with Crippen LogP contribution in [0.25, 0.3) is 0 Å². The van der Waals surface area contributed by atoms with Gasteiger partial charge in [0.2, 0.25) is 0 Å². The smallest absolute Gasteiger partial charge is 0.281 e. The van der Waals surface area contributed by atoms with Crippen LogP contribution in [0.15, 0.2) is 84.0 Å². The summed E-state index contributed by atoms with van der Waals surface area (Å²) < 4.78 is 11.1. The first-order valence-corrected chi connectivity index (χ1v) is 10.1. The van der Waals surface area contributed by atoms with Gasteiger partial charge in [0.25, 0.3) is 5.91 Å². The van der Waals surface area contributed by atoms with Crippen LogP contribution in [0.1, 0.15) is 23.6 Å². The van der Waals surface area contributed by atoms with Crippen LogP contribution >= 0.6 is 0 Å². The van der Waals surface area contributed by atoms with Gasteiger partial charge < -0.3 is 14.6 Å². The van der Waals surface area contributed by atoms with Crippen LogP contribution in [0.3, 0.4) is 0 Å². The Labute approximate surface area is 187 Å². The van der Waals surface area contributed by atoms with E-state index in [1.54, 1.807) is 66.7 Å². The van der Waals surface area contributed by atoms with E-state index in [-0.39, 0.29) is 6.61 Å². The van der Waals surface area contributed by atoms with Crippen LogP contribution in [0.4, 0.5) is 0 Å². The van der Waals surface area contributed by atoms with E-state index in [2.05, 4.69) is 16.4 Å². The number of ether oxygens (including phenoxy) is 2. The van der Waals surface area contributed by atoms with Gasteiger partial charge in [-0.2, -0.15) is 5.10 Å². The zero-order valence-corrected chi connectivity index (χ0v) is 17.7. The van der Waals surface area contributed by atoms with E-state index in [0.29, 0.717) is 34.8 Å². The lowest BCUT2D eigenvalue weighted by atomic mass is 9.85. The topological polar surface area (TPSA) is 80.2 Å². The molecule has 3 rings (SSSR count). The summed E-state index contributed by atoms with van der Waals surface area (Å²) in [6, 6.07) is 22.7. The lowest BCUT2D eigenvalue weighted by molar-refractivity contribution is -0.136. The van der Waals surface area contributed by atoms with Gasteiger partial charge in [-0.25, -0.2) is 5.43 Å². The summed E-state index contributed by atoms with van der Waals surface area (Å²) >= 11 is 0. The number of amides is 1. The molecule has 0 bridgehead atoms. The molecule has 162 valence electrons. The number of rotatable bonds is 9. The Kier molecular flexibility index (Phi) is 7.63. The van der Waals surface area contributed by atoms with Crippen LogP contribution < -0.4 is 14.9 Å². The molecule has 0 radical (unpaired) electrons. The van der Waals surface area contributed by atoms with Crippen LogP contribution in [-0.2, 0) is 10.4 Å². The average molecular weight is 428 g/mol. The first-order valence-electron chi connectivity index (χ1n) is 10.1. The van der Waals surface area contributed by atoms with Gasteiger partial charge in [0.05, 0.1) is 12.8 Å². The van der Waals surface area contributed by atoms with Gasteiger partial charge >= 0.3 is 0 Å². The molecule has 6 nitrogen and oxygen atoms in total. The Bertz CT molecular complexity index is 1070. The number of hydrazone groups is 1. The number of benzene rings is 3. The first kappa shape index (κ1) is 22.6. The molecule has 0 heterocycles. The molecule has 0 aliphatic heterocycles. The lowest BCUT2D eigenvalue weighted by Crippen LogP contribution is -2.43. The zero-order chi connectivity index (χ0) is 22.8. The molecule has 32 heavy (non-hydrogen) atoms.